The van der Waals surface area contributed by atoms with Crippen LogP contribution in [0.4, 0.5) is 8.78 Å². The van der Waals surface area contributed by atoms with Crippen molar-refractivity contribution in [3.63, 3.8) is 0 Å². The highest BCUT2D eigenvalue weighted by molar-refractivity contribution is 6.35. The first-order valence-electron chi connectivity index (χ1n) is 12.2. The van der Waals surface area contributed by atoms with Gasteiger partial charge in [0.2, 0.25) is 5.91 Å². The molecule has 1 saturated heterocycles. The maximum absolute atomic E-state index is 15.0. The number of aromatic nitrogens is 2. The van der Waals surface area contributed by atoms with Crippen LogP contribution in [0.1, 0.15) is 52.9 Å². The summed E-state index contributed by atoms with van der Waals surface area (Å²) in [7, 11) is 0. The van der Waals surface area contributed by atoms with Gasteiger partial charge >= 0.3 is 0 Å². The number of likely N-dealkylation sites (tertiary alicyclic amines) is 1. The van der Waals surface area contributed by atoms with Gasteiger partial charge in [0, 0.05) is 60.5 Å². The van der Waals surface area contributed by atoms with Gasteiger partial charge in [-0.05, 0) is 42.7 Å². The van der Waals surface area contributed by atoms with Gasteiger partial charge in [-0.3, -0.25) is 14.4 Å². The van der Waals surface area contributed by atoms with Gasteiger partial charge in [0.1, 0.15) is 11.6 Å². The fraction of sp³-hybridized carbons (Fsp3) is 0.250. The molecule has 2 N–H and O–H groups in total. The van der Waals surface area contributed by atoms with E-state index < -0.39 is 23.1 Å². The molecule has 7 nitrogen and oxygen atoms in total. The quantitative estimate of drug-likeness (QED) is 0.365. The molecular formula is C28H25ClF2N4O3. The first kappa shape index (κ1) is 25.7. The molecule has 0 radical (unpaired) electrons. The first-order chi connectivity index (χ1) is 18.2. The molecule has 0 bridgehead atoms. The SMILES string of the molecule is CC(=O)N1CCCC1c1ccc(Cn2cc(C(=O)NCc3cc4c(Cl)c[nH]c4cc3F)ccc2=O)c(F)c1. The summed E-state index contributed by atoms with van der Waals surface area (Å²) in [6, 6.07) is 10.1. The molecule has 2 amide bonds. The normalized spacial score (nSPS) is 15.3. The van der Waals surface area contributed by atoms with E-state index in [-0.39, 0.29) is 41.7 Å². The van der Waals surface area contributed by atoms with Crippen molar-refractivity contribution >= 4 is 34.3 Å². The van der Waals surface area contributed by atoms with Crippen molar-refractivity contribution in [1.82, 2.24) is 19.8 Å². The van der Waals surface area contributed by atoms with Crippen LogP contribution in [0.25, 0.3) is 10.9 Å². The number of hydrogen-bond acceptors (Lipinski definition) is 3. The van der Waals surface area contributed by atoms with Crippen molar-refractivity contribution in [1.29, 1.82) is 0 Å². The van der Waals surface area contributed by atoms with Crippen molar-refractivity contribution in [3.05, 3.63) is 104 Å². The molecule has 0 spiro atoms. The molecule has 0 aliphatic carbocycles. The molecule has 5 rings (SSSR count). The van der Waals surface area contributed by atoms with Gasteiger partial charge in [-0.1, -0.05) is 23.7 Å². The highest BCUT2D eigenvalue weighted by Crippen LogP contribution is 2.32. The second-order valence-corrected chi connectivity index (χ2v) is 9.82. The second kappa shape index (κ2) is 10.4. The smallest absolute Gasteiger partial charge is 0.253 e. The van der Waals surface area contributed by atoms with E-state index in [1.807, 2.05) is 0 Å². The number of carbonyl (C=O) groups excluding carboxylic acids is 2. The van der Waals surface area contributed by atoms with Crippen molar-refractivity contribution < 1.29 is 18.4 Å². The third-order valence-electron chi connectivity index (χ3n) is 6.94. The third kappa shape index (κ3) is 5.06. The fourth-order valence-electron chi connectivity index (χ4n) is 4.93. The summed E-state index contributed by atoms with van der Waals surface area (Å²) in [5, 5.41) is 3.74. The number of benzene rings is 2. The lowest BCUT2D eigenvalue weighted by Gasteiger charge is -2.24. The summed E-state index contributed by atoms with van der Waals surface area (Å²) in [6.07, 6.45) is 4.54. The van der Waals surface area contributed by atoms with E-state index in [1.165, 1.54) is 42.0 Å². The molecule has 2 aromatic heterocycles. The van der Waals surface area contributed by atoms with Crippen molar-refractivity contribution in [2.45, 2.75) is 38.9 Å². The highest BCUT2D eigenvalue weighted by atomic mass is 35.5. The Labute approximate surface area is 222 Å². The number of rotatable bonds is 6. The van der Waals surface area contributed by atoms with Crippen LogP contribution in [-0.4, -0.2) is 32.8 Å². The molecule has 1 aliphatic rings. The molecular weight excluding hydrogens is 514 g/mol. The number of nitrogens with zero attached hydrogens (tertiary/aromatic N) is 2. The van der Waals surface area contributed by atoms with Crippen molar-refractivity contribution in [2.24, 2.45) is 0 Å². The van der Waals surface area contributed by atoms with Crippen LogP contribution in [-0.2, 0) is 17.9 Å². The van der Waals surface area contributed by atoms with E-state index in [0.717, 1.165) is 12.8 Å². The highest BCUT2D eigenvalue weighted by Gasteiger charge is 2.28. The van der Waals surface area contributed by atoms with E-state index in [4.69, 9.17) is 11.6 Å². The van der Waals surface area contributed by atoms with Crippen LogP contribution in [0, 0.1) is 11.6 Å². The standard InChI is InChI=1S/C28H25ClF2N4O3/c1-16(36)35-8-2-3-26(35)17-4-5-18(23(30)10-17)14-34-15-19(6-7-27(34)37)28(38)33-12-20-9-21-22(29)13-32-25(21)11-24(20)31/h4-7,9-11,13,15,26,32H,2-3,8,12,14H2,1H3,(H,33,38). The lowest BCUT2D eigenvalue weighted by atomic mass is 10.0. The zero-order valence-electron chi connectivity index (χ0n) is 20.6. The second-order valence-electron chi connectivity index (χ2n) is 9.41. The van der Waals surface area contributed by atoms with Crippen molar-refractivity contribution in [3.8, 4) is 0 Å². The number of pyridine rings is 1. The zero-order valence-corrected chi connectivity index (χ0v) is 21.3. The van der Waals surface area contributed by atoms with Crippen LogP contribution >= 0.6 is 11.6 Å². The summed E-state index contributed by atoms with van der Waals surface area (Å²) in [4.78, 5) is 41.7. The van der Waals surface area contributed by atoms with E-state index in [9.17, 15) is 18.8 Å². The molecule has 4 aromatic rings. The van der Waals surface area contributed by atoms with Gasteiger partial charge in [0.25, 0.3) is 11.5 Å². The Kier molecular flexibility index (Phi) is 7.03. The Morgan fingerprint density at radius 2 is 1.89 bits per heavy atom. The molecule has 196 valence electrons. The molecule has 1 aliphatic heterocycles. The molecule has 2 aromatic carbocycles. The van der Waals surface area contributed by atoms with Crippen LogP contribution in [0.5, 0.6) is 0 Å². The summed E-state index contributed by atoms with van der Waals surface area (Å²) in [5.74, 6) is -1.55. The van der Waals surface area contributed by atoms with Gasteiger partial charge in [0.05, 0.1) is 23.2 Å². The molecule has 10 heteroatoms. The molecule has 38 heavy (non-hydrogen) atoms. The fourth-order valence-corrected chi connectivity index (χ4v) is 5.14. The Morgan fingerprint density at radius 1 is 1.11 bits per heavy atom. The monoisotopic (exact) mass is 538 g/mol. The van der Waals surface area contributed by atoms with Crippen molar-refractivity contribution in [2.75, 3.05) is 6.54 Å². The number of halogens is 3. The Balaban J connectivity index is 1.31. The van der Waals surface area contributed by atoms with E-state index in [2.05, 4.69) is 10.3 Å². The summed E-state index contributed by atoms with van der Waals surface area (Å²) < 4.78 is 30.7. The van der Waals surface area contributed by atoms with Crippen LogP contribution in [0.3, 0.4) is 0 Å². The third-order valence-corrected chi connectivity index (χ3v) is 7.26. The predicted octanol–water partition coefficient (Wildman–Crippen LogP) is 4.92. The van der Waals surface area contributed by atoms with Gasteiger partial charge in [-0.2, -0.15) is 0 Å². The average molecular weight is 539 g/mol. The summed E-state index contributed by atoms with van der Waals surface area (Å²) in [5.41, 5.74) is 1.57. The number of nitrogens with one attached hydrogen (secondary N) is 2. The Bertz CT molecular complexity index is 1610. The Hall–Kier alpha value is -3.98. The van der Waals surface area contributed by atoms with Gasteiger partial charge in [0.15, 0.2) is 0 Å². The summed E-state index contributed by atoms with van der Waals surface area (Å²) in [6.45, 7) is 1.99. The average Bonchev–Trinajstić information content (AvgIpc) is 3.52. The largest absolute Gasteiger partial charge is 0.360 e. The van der Waals surface area contributed by atoms with Gasteiger partial charge in [-0.15, -0.1) is 0 Å². The van der Waals surface area contributed by atoms with Crippen LogP contribution < -0.4 is 10.9 Å². The molecule has 1 unspecified atom stereocenters. The number of fused-ring (bicyclic) bond motifs is 1. The lowest BCUT2D eigenvalue weighted by molar-refractivity contribution is -0.129. The number of amides is 2. The summed E-state index contributed by atoms with van der Waals surface area (Å²) >= 11 is 6.11. The minimum atomic E-state index is -0.514. The van der Waals surface area contributed by atoms with Crippen LogP contribution in [0.2, 0.25) is 5.02 Å². The zero-order chi connectivity index (χ0) is 27.0. The molecule has 3 heterocycles. The molecule has 1 fully saturated rings. The van der Waals surface area contributed by atoms with Gasteiger partial charge < -0.3 is 19.8 Å². The number of carbonyl (C=O) groups is 2. The number of hydrogen-bond donors (Lipinski definition) is 2. The molecule has 0 saturated carbocycles. The first-order valence-corrected chi connectivity index (χ1v) is 12.6. The maximum Gasteiger partial charge on any atom is 0.253 e. The number of aromatic amines is 1. The van der Waals surface area contributed by atoms with Gasteiger partial charge in [-0.25, -0.2) is 8.78 Å². The van der Waals surface area contributed by atoms with Crippen LogP contribution in [0.15, 0.2) is 59.7 Å². The minimum absolute atomic E-state index is 0.0461. The minimum Gasteiger partial charge on any atom is -0.360 e. The maximum atomic E-state index is 15.0. The lowest BCUT2D eigenvalue weighted by Crippen LogP contribution is -2.28. The van der Waals surface area contributed by atoms with E-state index >= 15 is 4.39 Å². The Morgan fingerprint density at radius 3 is 2.66 bits per heavy atom. The van der Waals surface area contributed by atoms with E-state index in [0.29, 0.717) is 28.0 Å². The van der Waals surface area contributed by atoms with E-state index in [1.54, 1.807) is 29.3 Å². The molecule has 1 atom stereocenters. The topological polar surface area (TPSA) is 87.2 Å². The predicted molar refractivity (Wildman–Crippen MR) is 140 cm³/mol. The number of H-pyrrole nitrogens is 1.